The lowest BCUT2D eigenvalue weighted by Crippen LogP contribution is -2.17. The number of aryl methyl sites for hydroxylation is 1. The number of hydrogen-bond acceptors (Lipinski definition) is 1. The van der Waals surface area contributed by atoms with Crippen LogP contribution in [0.1, 0.15) is 16.7 Å². The molecule has 0 saturated carbocycles. The van der Waals surface area contributed by atoms with Gasteiger partial charge in [0.2, 0.25) is 0 Å². The van der Waals surface area contributed by atoms with Crippen molar-refractivity contribution in [3.63, 3.8) is 0 Å². The first-order chi connectivity index (χ1) is 9.16. The van der Waals surface area contributed by atoms with Crippen LogP contribution in [0.3, 0.4) is 0 Å². The van der Waals surface area contributed by atoms with Crippen molar-refractivity contribution in [2.45, 2.75) is 19.9 Å². The van der Waals surface area contributed by atoms with Crippen LogP contribution in [0.25, 0.3) is 0 Å². The Morgan fingerprint density at radius 3 is 2.53 bits per heavy atom. The summed E-state index contributed by atoms with van der Waals surface area (Å²) in [6.07, 6.45) is 0.646. The Hall–Kier alpha value is -1.74. The van der Waals surface area contributed by atoms with E-state index in [1.165, 1.54) is 18.2 Å². The maximum absolute atomic E-state index is 13.4. The summed E-state index contributed by atoms with van der Waals surface area (Å²) in [5.41, 5.74) is 2.71. The fraction of sp³-hybridized carbons (Fsp3) is 0.250. The van der Waals surface area contributed by atoms with Crippen molar-refractivity contribution < 1.29 is 8.78 Å². The molecule has 100 valence electrons. The molecule has 0 fully saturated rings. The quantitative estimate of drug-likeness (QED) is 0.811. The van der Waals surface area contributed by atoms with Gasteiger partial charge in [-0.25, -0.2) is 8.78 Å². The topological polar surface area (TPSA) is 12.0 Å². The van der Waals surface area contributed by atoms with Crippen LogP contribution >= 0.6 is 0 Å². The van der Waals surface area contributed by atoms with Gasteiger partial charge in [-0.1, -0.05) is 24.3 Å². The Kier molecular flexibility index (Phi) is 4.63. The Balaban J connectivity index is 1.83. The molecule has 0 aliphatic heterocycles. The van der Waals surface area contributed by atoms with E-state index in [9.17, 15) is 8.78 Å². The van der Waals surface area contributed by atoms with Gasteiger partial charge in [-0.15, -0.1) is 0 Å². The highest BCUT2D eigenvalue weighted by Gasteiger charge is 2.02. The number of benzene rings is 2. The van der Waals surface area contributed by atoms with Gasteiger partial charge in [-0.05, 0) is 54.8 Å². The summed E-state index contributed by atoms with van der Waals surface area (Å²) >= 11 is 0. The van der Waals surface area contributed by atoms with E-state index in [0.29, 0.717) is 25.1 Å². The monoisotopic (exact) mass is 261 g/mol. The third kappa shape index (κ3) is 3.86. The molecule has 1 N–H and O–H groups in total. The molecule has 0 aliphatic carbocycles. The summed E-state index contributed by atoms with van der Waals surface area (Å²) in [6, 6.07) is 11.5. The van der Waals surface area contributed by atoms with Crippen LogP contribution in [0.2, 0.25) is 0 Å². The molecule has 1 nitrogen and oxygen atoms in total. The molecule has 0 unspecified atom stereocenters. The lowest BCUT2D eigenvalue weighted by molar-refractivity contribution is 0.596. The first-order valence-corrected chi connectivity index (χ1v) is 6.36. The van der Waals surface area contributed by atoms with Gasteiger partial charge < -0.3 is 5.32 Å². The minimum absolute atomic E-state index is 0.165. The van der Waals surface area contributed by atoms with E-state index in [-0.39, 0.29) is 11.6 Å². The standard InChI is InChI=1S/C16H17F2N/c1-12-10-15(17)7-6-14(12)11-19-9-8-13-4-2-3-5-16(13)18/h2-7,10,19H,8-9,11H2,1H3. The van der Waals surface area contributed by atoms with Crippen molar-refractivity contribution in [1.82, 2.24) is 5.32 Å². The molecule has 0 atom stereocenters. The largest absolute Gasteiger partial charge is 0.312 e. The molecule has 19 heavy (non-hydrogen) atoms. The molecule has 0 saturated heterocycles. The van der Waals surface area contributed by atoms with E-state index in [0.717, 1.165) is 11.1 Å². The zero-order valence-electron chi connectivity index (χ0n) is 10.9. The highest BCUT2D eigenvalue weighted by Crippen LogP contribution is 2.10. The summed E-state index contributed by atoms with van der Waals surface area (Å²) in [4.78, 5) is 0. The third-order valence-corrected chi connectivity index (χ3v) is 3.15. The van der Waals surface area contributed by atoms with E-state index in [1.54, 1.807) is 18.2 Å². The fourth-order valence-corrected chi connectivity index (χ4v) is 2.00. The molecule has 0 spiro atoms. The van der Waals surface area contributed by atoms with Crippen LogP contribution in [0.4, 0.5) is 8.78 Å². The summed E-state index contributed by atoms with van der Waals surface area (Å²) in [5.74, 6) is -0.380. The average molecular weight is 261 g/mol. The van der Waals surface area contributed by atoms with E-state index < -0.39 is 0 Å². The van der Waals surface area contributed by atoms with Crippen LogP contribution in [0.15, 0.2) is 42.5 Å². The second-order valence-electron chi connectivity index (χ2n) is 4.59. The maximum Gasteiger partial charge on any atom is 0.126 e. The molecular formula is C16H17F2N. The second-order valence-corrected chi connectivity index (χ2v) is 4.59. The van der Waals surface area contributed by atoms with Crippen LogP contribution < -0.4 is 5.32 Å². The van der Waals surface area contributed by atoms with Crippen molar-refractivity contribution >= 4 is 0 Å². The van der Waals surface area contributed by atoms with Crippen LogP contribution in [-0.4, -0.2) is 6.54 Å². The molecule has 0 aliphatic rings. The van der Waals surface area contributed by atoms with Gasteiger partial charge in [0.1, 0.15) is 11.6 Å². The van der Waals surface area contributed by atoms with Gasteiger partial charge in [0, 0.05) is 6.54 Å². The molecule has 0 bridgehead atoms. The smallest absolute Gasteiger partial charge is 0.126 e. The predicted octanol–water partition coefficient (Wildman–Crippen LogP) is 3.61. The van der Waals surface area contributed by atoms with Gasteiger partial charge in [-0.2, -0.15) is 0 Å². The summed E-state index contributed by atoms with van der Waals surface area (Å²) in [5, 5.41) is 3.25. The summed E-state index contributed by atoms with van der Waals surface area (Å²) in [7, 11) is 0. The van der Waals surface area contributed by atoms with E-state index >= 15 is 0 Å². The van der Waals surface area contributed by atoms with Gasteiger partial charge in [0.15, 0.2) is 0 Å². The third-order valence-electron chi connectivity index (χ3n) is 3.15. The number of hydrogen-bond donors (Lipinski definition) is 1. The molecular weight excluding hydrogens is 244 g/mol. The molecule has 2 aromatic carbocycles. The molecule has 3 heteroatoms. The SMILES string of the molecule is Cc1cc(F)ccc1CNCCc1ccccc1F. The zero-order chi connectivity index (χ0) is 13.7. The minimum Gasteiger partial charge on any atom is -0.312 e. The van der Waals surface area contributed by atoms with Gasteiger partial charge in [-0.3, -0.25) is 0 Å². The maximum atomic E-state index is 13.4. The summed E-state index contributed by atoms with van der Waals surface area (Å²) < 4.78 is 26.3. The molecule has 0 aromatic heterocycles. The van der Waals surface area contributed by atoms with E-state index in [2.05, 4.69) is 5.32 Å². The van der Waals surface area contributed by atoms with Gasteiger partial charge in [0.25, 0.3) is 0 Å². The van der Waals surface area contributed by atoms with Crippen molar-refractivity contribution in [2.24, 2.45) is 0 Å². The number of nitrogens with one attached hydrogen (secondary N) is 1. The molecule has 2 aromatic rings. The zero-order valence-corrected chi connectivity index (χ0v) is 10.9. The van der Waals surface area contributed by atoms with Crippen LogP contribution in [0.5, 0.6) is 0 Å². The van der Waals surface area contributed by atoms with Gasteiger partial charge >= 0.3 is 0 Å². The fourth-order valence-electron chi connectivity index (χ4n) is 2.00. The van der Waals surface area contributed by atoms with E-state index in [4.69, 9.17) is 0 Å². The Bertz CT molecular complexity index is 552. The average Bonchev–Trinajstić information content (AvgIpc) is 2.38. The minimum atomic E-state index is -0.215. The Labute approximate surface area is 112 Å². The van der Waals surface area contributed by atoms with E-state index in [1.807, 2.05) is 13.0 Å². The molecule has 0 radical (unpaired) electrons. The van der Waals surface area contributed by atoms with Crippen molar-refractivity contribution in [3.05, 3.63) is 70.8 Å². The first-order valence-electron chi connectivity index (χ1n) is 6.36. The van der Waals surface area contributed by atoms with Crippen LogP contribution in [-0.2, 0) is 13.0 Å². The highest BCUT2D eigenvalue weighted by atomic mass is 19.1. The Morgan fingerprint density at radius 1 is 1.00 bits per heavy atom. The van der Waals surface area contributed by atoms with Crippen molar-refractivity contribution in [1.29, 1.82) is 0 Å². The molecule has 0 amide bonds. The highest BCUT2D eigenvalue weighted by molar-refractivity contribution is 5.26. The van der Waals surface area contributed by atoms with Gasteiger partial charge in [0.05, 0.1) is 0 Å². The van der Waals surface area contributed by atoms with Crippen molar-refractivity contribution in [3.8, 4) is 0 Å². The number of halogens is 2. The second kappa shape index (κ2) is 6.43. The lowest BCUT2D eigenvalue weighted by Gasteiger charge is -2.08. The number of rotatable bonds is 5. The Morgan fingerprint density at radius 2 is 1.79 bits per heavy atom. The molecule has 2 rings (SSSR count). The first kappa shape index (κ1) is 13.7. The van der Waals surface area contributed by atoms with Crippen molar-refractivity contribution in [2.75, 3.05) is 6.54 Å². The predicted molar refractivity (Wildman–Crippen MR) is 72.9 cm³/mol. The normalized spacial score (nSPS) is 10.7. The summed E-state index contributed by atoms with van der Waals surface area (Å²) in [6.45, 7) is 3.25. The lowest BCUT2D eigenvalue weighted by atomic mass is 10.1. The molecule has 0 heterocycles. The van der Waals surface area contributed by atoms with Crippen LogP contribution in [0, 0.1) is 18.6 Å².